The molecule has 7 aromatic carbocycles. The van der Waals surface area contributed by atoms with Gasteiger partial charge in [-0.05, 0) is 103 Å². The second kappa shape index (κ2) is 12.2. The van der Waals surface area contributed by atoms with E-state index in [4.69, 9.17) is 0 Å². The minimum absolute atomic E-state index is 1.27. The SMILES string of the molecule is Cc1ccccc1-c1ccc2c(-c3ccccc3[Si](C)(C)C)c3cc(-c4ccccc4C)ccc3c(-c3ccccc3[Si](C)(C)C)c2c1. The van der Waals surface area contributed by atoms with Gasteiger partial charge in [0, 0.05) is 0 Å². The van der Waals surface area contributed by atoms with Gasteiger partial charge in [-0.15, -0.1) is 0 Å². The first-order valence-electron chi connectivity index (χ1n) is 17.3. The van der Waals surface area contributed by atoms with Gasteiger partial charge in [0.15, 0.2) is 0 Å². The van der Waals surface area contributed by atoms with Crippen LogP contribution in [0.15, 0.2) is 133 Å². The minimum atomic E-state index is -1.70. The van der Waals surface area contributed by atoms with E-state index in [0.717, 1.165) is 0 Å². The van der Waals surface area contributed by atoms with E-state index in [0.29, 0.717) is 0 Å². The number of benzene rings is 7. The highest BCUT2D eigenvalue weighted by Crippen LogP contribution is 2.46. The second-order valence-corrected chi connectivity index (χ2v) is 25.6. The van der Waals surface area contributed by atoms with Crippen LogP contribution in [0.1, 0.15) is 11.1 Å². The van der Waals surface area contributed by atoms with Crippen molar-refractivity contribution >= 4 is 48.1 Å². The summed E-state index contributed by atoms with van der Waals surface area (Å²) in [5.74, 6) is 0. The molecule has 7 rings (SSSR count). The zero-order valence-electron chi connectivity index (χ0n) is 29.7. The van der Waals surface area contributed by atoms with Gasteiger partial charge in [-0.1, -0.05) is 171 Å². The van der Waals surface area contributed by atoms with Gasteiger partial charge in [0.2, 0.25) is 0 Å². The number of rotatable bonds is 6. The summed E-state index contributed by atoms with van der Waals surface area (Å²) in [5, 5.41) is 8.33. The van der Waals surface area contributed by atoms with Crippen LogP contribution < -0.4 is 10.4 Å². The van der Waals surface area contributed by atoms with E-state index in [-0.39, 0.29) is 0 Å². The fraction of sp³-hybridized carbons (Fsp3) is 0.174. The number of hydrogen-bond donors (Lipinski definition) is 0. The van der Waals surface area contributed by atoms with Crippen molar-refractivity contribution < 1.29 is 0 Å². The summed E-state index contributed by atoms with van der Waals surface area (Å²) in [6, 6.07) is 50.6. The van der Waals surface area contributed by atoms with Crippen molar-refractivity contribution in [3.05, 3.63) is 145 Å². The van der Waals surface area contributed by atoms with Crippen LogP contribution in [0.25, 0.3) is 66.1 Å². The summed E-state index contributed by atoms with van der Waals surface area (Å²) in [6.45, 7) is 19.3. The summed E-state index contributed by atoms with van der Waals surface area (Å²) in [4.78, 5) is 0. The maximum Gasteiger partial charge on any atom is 0.0784 e. The van der Waals surface area contributed by atoms with Crippen LogP contribution in [0.2, 0.25) is 39.3 Å². The molecule has 0 saturated heterocycles. The third-order valence-electron chi connectivity index (χ3n) is 10.0. The summed E-state index contributed by atoms with van der Waals surface area (Å²) in [6.07, 6.45) is 0. The molecule has 0 heterocycles. The molecular weight excluding hydrogens is 609 g/mol. The third kappa shape index (κ3) is 5.68. The third-order valence-corrected chi connectivity index (χ3v) is 14.1. The van der Waals surface area contributed by atoms with Gasteiger partial charge in [0.05, 0.1) is 16.1 Å². The van der Waals surface area contributed by atoms with Crippen molar-refractivity contribution in [3.8, 4) is 44.5 Å². The lowest BCUT2D eigenvalue weighted by Crippen LogP contribution is -2.39. The Labute approximate surface area is 289 Å². The van der Waals surface area contributed by atoms with Crippen LogP contribution in [-0.4, -0.2) is 16.1 Å². The molecule has 48 heavy (non-hydrogen) atoms. The van der Waals surface area contributed by atoms with Gasteiger partial charge in [0.25, 0.3) is 0 Å². The van der Waals surface area contributed by atoms with E-state index in [1.807, 2.05) is 0 Å². The Bertz CT molecular complexity index is 2160. The second-order valence-electron chi connectivity index (χ2n) is 15.5. The largest absolute Gasteiger partial charge is 0.0784 e. The molecule has 7 aromatic rings. The molecule has 0 saturated carbocycles. The molecular formula is C46H46Si2. The van der Waals surface area contributed by atoms with Gasteiger partial charge < -0.3 is 0 Å². The highest BCUT2D eigenvalue weighted by molar-refractivity contribution is 6.90. The molecule has 0 nitrogen and oxygen atoms in total. The molecule has 0 aliphatic heterocycles. The molecule has 0 fully saturated rings. The highest BCUT2D eigenvalue weighted by Gasteiger charge is 2.27. The predicted octanol–water partition coefficient (Wildman–Crippen LogP) is 12.4. The maximum absolute atomic E-state index is 2.49. The lowest BCUT2D eigenvalue weighted by molar-refractivity contribution is 1.46. The van der Waals surface area contributed by atoms with Crippen molar-refractivity contribution in [1.29, 1.82) is 0 Å². The van der Waals surface area contributed by atoms with E-state index < -0.39 is 16.1 Å². The Hall–Kier alpha value is -4.51. The standard InChI is InChI=1S/C46H46Si2/c1-31-17-9-11-19-35(31)33-25-27-37-41(29-33)45(39-21-13-15-23-43(39)47(3,4)5)38-28-26-34(36-20-12-10-18-32(36)2)30-42(38)46(37)40-22-14-16-24-44(40)48(6,7)8/h9-30H,1-8H3. The first kappa shape index (κ1) is 32.1. The number of aryl methyl sites for hydroxylation is 2. The van der Waals surface area contributed by atoms with E-state index in [1.165, 1.54) is 87.6 Å². The quantitative estimate of drug-likeness (QED) is 0.124. The average Bonchev–Trinajstić information content (AvgIpc) is 3.06. The van der Waals surface area contributed by atoms with Crippen LogP contribution >= 0.6 is 0 Å². The Kier molecular flexibility index (Phi) is 8.14. The molecule has 0 spiro atoms. The monoisotopic (exact) mass is 654 g/mol. The van der Waals surface area contributed by atoms with Crippen LogP contribution in [0.3, 0.4) is 0 Å². The molecule has 0 radical (unpaired) electrons. The normalized spacial score (nSPS) is 12.2. The molecule has 0 N–H and O–H groups in total. The van der Waals surface area contributed by atoms with Crippen LogP contribution in [0.4, 0.5) is 0 Å². The predicted molar refractivity (Wildman–Crippen MR) is 219 cm³/mol. The van der Waals surface area contributed by atoms with E-state index >= 15 is 0 Å². The summed E-state index contributed by atoms with van der Waals surface area (Å²) >= 11 is 0. The highest BCUT2D eigenvalue weighted by atomic mass is 28.3. The Morgan fingerprint density at radius 1 is 0.333 bits per heavy atom. The average molecular weight is 655 g/mol. The zero-order chi connectivity index (χ0) is 33.8. The summed E-state index contributed by atoms with van der Waals surface area (Å²) < 4.78 is 0. The lowest BCUT2D eigenvalue weighted by Gasteiger charge is -2.27. The molecule has 0 aromatic heterocycles. The minimum Gasteiger partial charge on any atom is -0.0656 e. The fourth-order valence-electron chi connectivity index (χ4n) is 7.65. The Balaban J connectivity index is 1.72. The summed E-state index contributed by atoms with van der Waals surface area (Å²) in [7, 11) is -3.40. The van der Waals surface area contributed by atoms with Crippen molar-refractivity contribution in [3.63, 3.8) is 0 Å². The Morgan fingerprint density at radius 2 is 0.667 bits per heavy atom. The van der Waals surface area contributed by atoms with Gasteiger partial charge >= 0.3 is 0 Å². The molecule has 0 unspecified atom stereocenters. The summed E-state index contributed by atoms with van der Waals surface area (Å²) in [5.41, 5.74) is 13.2. The van der Waals surface area contributed by atoms with Crippen molar-refractivity contribution in [2.24, 2.45) is 0 Å². The van der Waals surface area contributed by atoms with Crippen LogP contribution in [0, 0.1) is 13.8 Å². The van der Waals surface area contributed by atoms with Gasteiger partial charge in [-0.3, -0.25) is 0 Å². The number of hydrogen-bond acceptors (Lipinski definition) is 0. The van der Waals surface area contributed by atoms with Crippen molar-refractivity contribution in [2.45, 2.75) is 53.1 Å². The first-order chi connectivity index (χ1) is 22.9. The molecule has 2 heteroatoms. The molecule has 0 bridgehead atoms. The fourth-order valence-corrected chi connectivity index (χ4v) is 10.9. The molecule has 0 amide bonds. The zero-order valence-corrected chi connectivity index (χ0v) is 31.7. The molecule has 0 aliphatic rings. The van der Waals surface area contributed by atoms with E-state index in [2.05, 4.69) is 187 Å². The first-order valence-corrected chi connectivity index (χ1v) is 24.3. The van der Waals surface area contributed by atoms with Gasteiger partial charge in [-0.25, -0.2) is 0 Å². The number of fused-ring (bicyclic) bond motifs is 2. The van der Waals surface area contributed by atoms with E-state index in [9.17, 15) is 0 Å². The van der Waals surface area contributed by atoms with E-state index in [1.54, 1.807) is 0 Å². The molecule has 0 aliphatic carbocycles. The van der Waals surface area contributed by atoms with Crippen molar-refractivity contribution in [1.82, 2.24) is 0 Å². The van der Waals surface area contributed by atoms with Gasteiger partial charge in [0.1, 0.15) is 0 Å². The van der Waals surface area contributed by atoms with Crippen molar-refractivity contribution in [2.75, 3.05) is 0 Å². The van der Waals surface area contributed by atoms with Gasteiger partial charge in [-0.2, -0.15) is 0 Å². The Morgan fingerprint density at radius 3 is 1.02 bits per heavy atom. The molecule has 0 atom stereocenters. The lowest BCUT2D eigenvalue weighted by atomic mass is 9.83. The smallest absolute Gasteiger partial charge is 0.0656 e. The molecule has 238 valence electrons. The van der Waals surface area contributed by atoms with Crippen LogP contribution in [-0.2, 0) is 0 Å². The topological polar surface area (TPSA) is 0 Å². The maximum atomic E-state index is 2.49. The van der Waals surface area contributed by atoms with Crippen LogP contribution in [0.5, 0.6) is 0 Å².